The molecular weight excluding hydrogens is 286 g/mol. The van der Waals surface area contributed by atoms with E-state index in [0.29, 0.717) is 24.5 Å². The summed E-state index contributed by atoms with van der Waals surface area (Å²) in [7, 11) is -1.79. The summed E-state index contributed by atoms with van der Waals surface area (Å²) in [5.41, 5.74) is 1.20. The van der Waals surface area contributed by atoms with Crippen LogP contribution in [0.1, 0.15) is 44.6 Å². The Morgan fingerprint density at radius 1 is 1.05 bits per heavy atom. The van der Waals surface area contributed by atoms with Crippen molar-refractivity contribution in [3.8, 4) is 0 Å². The highest BCUT2D eigenvalue weighted by molar-refractivity contribution is 7.89. The van der Waals surface area contributed by atoms with Crippen molar-refractivity contribution in [2.75, 3.05) is 20.3 Å². The molecule has 21 heavy (non-hydrogen) atoms. The quantitative estimate of drug-likeness (QED) is 0.639. The van der Waals surface area contributed by atoms with Crippen LogP contribution in [0.25, 0.3) is 0 Å². The number of sulfonamides is 1. The first-order valence-electron chi connectivity index (χ1n) is 7.67. The Kier molecular flexibility index (Phi) is 8.57. The third-order valence-electron chi connectivity index (χ3n) is 3.37. The van der Waals surface area contributed by atoms with Gasteiger partial charge in [0, 0.05) is 20.3 Å². The Hall–Kier alpha value is -0.910. The molecule has 0 aliphatic rings. The van der Waals surface area contributed by atoms with E-state index >= 15 is 0 Å². The van der Waals surface area contributed by atoms with Gasteiger partial charge in [-0.25, -0.2) is 13.1 Å². The number of benzene rings is 1. The van der Waals surface area contributed by atoms with Gasteiger partial charge in [-0.05, 0) is 37.0 Å². The van der Waals surface area contributed by atoms with E-state index in [1.807, 2.05) is 12.1 Å². The first kappa shape index (κ1) is 18.1. The minimum absolute atomic E-state index is 0.331. The number of ether oxygens (including phenoxy) is 1. The smallest absolute Gasteiger partial charge is 0.240 e. The van der Waals surface area contributed by atoms with Crippen molar-refractivity contribution in [2.24, 2.45) is 0 Å². The van der Waals surface area contributed by atoms with Crippen LogP contribution >= 0.6 is 0 Å². The molecule has 1 aromatic rings. The van der Waals surface area contributed by atoms with Crippen LogP contribution in [0.5, 0.6) is 0 Å². The average Bonchev–Trinajstić information content (AvgIpc) is 2.49. The van der Waals surface area contributed by atoms with E-state index < -0.39 is 10.0 Å². The summed E-state index contributed by atoms with van der Waals surface area (Å²) >= 11 is 0. The lowest BCUT2D eigenvalue weighted by atomic mass is 10.1. The lowest BCUT2D eigenvalue weighted by molar-refractivity contribution is 0.196. The fourth-order valence-corrected chi connectivity index (χ4v) is 3.17. The number of hydrogen-bond donors (Lipinski definition) is 1. The fourth-order valence-electron chi connectivity index (χ4n) is 2.10. The van der Waals surface area contributed by atoms with E-state index in [2.05, 4.69) is 11.6 Å². The van der Waals surface area contributed by atoms with E-state index in [1.54, 1.807) is 19.2 Å². The predicted molar refractivity (Wildman–Crippen MR) is 86.0 cm³/mol. The molecule has 4 nitrogen and oxygen atoms in total. The maximum absolute atomic E-state index is 12.1. The monoisotopic (exact) mass is 313 g/mol. The molecule has 0 atom stereocenters. The number of rotatable bonds is 11. The van der Waals surface area contributed by atoms with E-state index in [0.717, 1.165) is 12.8 Å². The molecule has 0 fully saturated rings. The van der Waals surface area contributed by atoms with Gasteiger partial charge < -0.3 is 4.74 Å². The minimum Gasteiger partial charge on any atom is -0.385 e. The number of unbranched alkanes of at least 4 members (excludes halogenated alkanes) is 3. The Bertz CT molecular complexity index is 483. The highest BCUT2D eigenvalue weighted by Crippen LogP contribution is 2.13. The van der Waals surface area contributed by atoms with E-state index in [1.165, 1.54) is 24.8 Å². The SMILES string of the molecule is CCCCCCc1ccc(S(=O)(=O)NCCCOC)cc1. The van der Waals surface area contributed by atoms with Crippen LogP contribution in [0.2, 0.25) is 0 Å². The topological polar surface area (TPSA) is 55.4 Å². The molecule has 1 aromatic carbocycles. The minimum atomic E-state index is -3.39. The zero-order chi connectivity index (χ0) is 15.6. The zero-order valence-electron chi connectivity index (χ0n) is 13.1. The van der Waals surface area contributed by atoms with Crippen molar-refractivity contribution in [2.45, 2.75) is 50.3 Å². The second kappa shape index (κ2) is 9.92. The molecule has 0 aliphatic heterocycles. The van der Waals surface area contributed by atoms with Crippen LogP contribution in [0.3, 0.4) is 0 Å². The first-order valence-corrected chi connectivity index (χ1v) is 9.16. The largest absolute Gasteiger partial charge is 0.385 e. The Labute approximate surface area is 129 Å². The van der Waals surface area contributed by atoms with Gasteiger partial charge in [-0.15, -0.1) is 0 Å². The highest BCUT2D eigenvalue weighted by atomic mass is 32.2. The van der Waals surface area contributed by atoms with Gasteiger partial charge in [0.1, 0.15) is 0 Å². The standard InChI is InChI=1S/C16H27NO3S/c1-3-4-5-6-8-15-9-11-16(12-10-15)21(18,19)17-13-7-14-20-2/h9-12,17H,3-8,13-14H2,1-2H3. The van der Waals surface area contributed by atoms with Gasteiger partial charge in [-0.1, -0.05) is 38.3 Å². The second-order valence-electron chi connectivity index (χ2n) is 5.20. The van der Waals surface area contributed by atoms with Gasteiger partial charge in [0.25, 0.3) is 0 Å². The molecule has 0 aromatic heterocycles. The summed E-state index contributed by atoms with van der Waals surface area (Å²) < 4.78 is 31.6. The van der Waals surface area contributed by atoms with Crippen LogP contribution in [-0.4, -0.2) is 28.7 Å². The highest BCUT2D eigenvalue weighted by Gasteiger charge is 2.12. The second-order valence-corrected chi connectivity index (χ2v) is 6.97. The average molecular weight is 313 g/mol. The molecule has 0 bridgehead atoms. The molecule has 120 valence electrons. The van der Waals surface area contributed by atoms with E-state index in [4.69, 9.17) is 4.74 Å². The van der Waals surface area contributed by atoms with Gasteiger partial charge in [0.15, 0.2) is 0 Å². The molecule has 1 N–H and O–H groups in total. The van der Waals surface area contributed by atoms with Gasteiger partial charge in [0.05, 0.1) is 4.90 Å². The maximum Gasteiger partial charge on any atom is 0.240 e. The van der Waals surface area contributed by atoms with Crippen molar-refractivity contribution in [3.63, 3.8) is 0 Å². The van der Waals surface area contributed by atoms with E-state index in [-0.39, 0.29) is 0 Å². The molecule has 5 heteroatoms. The molecule has 0 unspecified atom stereocenters. The lowest BCUT2D eigenvalue weighted by Crippen LogP contribution is -2.25. The van der Waals surface area contributed by atoms with Gasteiger partial charge in [-0.2, -0.15) is 0 Å². The fraction of sp³-hybridized carbons (Fsp3) is 0.625. The van der Waals surface area contributed by atoms with E-state index in [9.17, 15) is 8.42 Å². The lowest BCUT2D eigenvalue weighted by Gasteiger charge is -2.07. The van der Waals surface area contributed by atoms with Crippen LogP contribution in [0.15, 0.2) is 29.2 Å². The molecule has 0 saturated carbocycles. The van der Waals surface area contributed by atoms with Crippen LogP contribution in [0.4, 0.5) is 0 Å². The molecule has 0 amide bonds. The Balaban J connectivity index is 2.48. The molecule has 1 rings (SSSR count). The van der Waals surface area contributed by atoms with Crippen molar-refractivity contribution in [1.29, 1.82) is 0 Å². The molecule has 0 spiro atoms. The summed E-state index contributed by atoms with van der Waals surface area (Å²) in [6.45, 7) is 3.15. The number of aryl methyl sites for hydroxylation is 1. The third-order valence-corrected chi connectivity index (χ3v) is 4.85. The van der Waals surface area contributed by atoms with Crippen molar-refractivity contribution >= 4 is 10.0 Å². The number of hydrogen-bond acceptors (Lipinski definition) is 3. The zero-order valence-corrected chi connectivity index (χ0v) is 13.9. The van der Waals surface area contributed by atoms with Crippen molar-refractivity contribution < 1.29 is 13.2 Å². The summed E-state index contributed by atoms with van der Waals surface area (Å²) in [6, 6.07) is 7.20. The van der Waals surface area contributed by atoms with Crippen LogP contribution in [0, 0.1) is 0 Å². The third kappa shape index (κ3) is 7.07. The molecule has 0 heterocycles. The Morgan fingerprint density at radius 2 is 1.76 bits per heavy atom. The molecule has 0 radical (unpaired) electrons. The summed E-state index contributed by atoms with van der Waals surface area (Å²) in [4.78, 5) is 0.331. The van der Waals surface area contributed by atoms with Gasteiger partial charge >= 0.3 is 0 Å². The van der Waals surface area contributed by atoms with Gasteiger partial charge in [-0.3, -0.25) is 0 Å². The first-order chi connectivity index (χ1) is 10.1. The van der Waals surface area contributed by atoms with Gasteiger partial charge in [0.2, 0.25) is 10.0 Å². The maximum atomic E-state index is 12.1. The summed E-state index contributed by atoms with van der Waals surface area (Å²) in [5.74, 6) is 0. The summed E-state index contributed by atoms with van der Waals surface area (Å²) in [5, 5.41) is 0. The van der Waals surface area contributed by atoms with Crippen LogP contribution in [-0.2, 0) is 21.2 Å². The van der Waals surface area contributed by atoms with Crippen molar-refractivity contribution in [1.82, 2.24) is 4.72 Å². The number of methoxy groups -OCH3 is 1. The van der Waals surface area contributed by atoms with Crippen molar-refractivity contribution in [3.05, 3.63) is 29.8 Å². The molecule has 0 aliphatic carbocycles. The molecular formula is C16H27NO3S. The normalized spacial score (nSPS) is 11.7. The Morgan fingerprint density at radius 3 is 2.38 bits per heavy atom. The predicted octanol–water partition coefficient (Wildman–Crippen LogP) is 3.12. The molecule has 0 saturated heterocycles. The number of nitrogens with one attached hydrogen (secondary N) is 1. The van der Waals surface area contributed by atoms with Crippen LogP contribution < -0.4 is 4.72 Å². The summed E-state index contributed by atoms with van der Waals surface area (Å²) in [6.07, 6.45) is 6.57.